The normalized spacial score (nSPS) is 28.5. The number of nitrogens with two attached hydrogens (primary N) is 1. The van der Waals surface area contributed by atoms with Crippen LogP contribution in [-0.2, 0) is 9.47 Å². The number of ether oxygens (including phenoxy) is 2. The number of methoxy groups -OCH3 is 1. The first-order valence-electron chi connectivity index (χ1n) is 11.9. The predicted octanol–water partition coefficient (Wildman–Crippen LogP) is 2.46. The van der Waals surface area contributed by atoms with E-state index in [2.05, 4.69) is 58.7 Å². The van der Waals surface area contributed by atoms with Crippen LogP contribution in [0.3, 0.4) is 0 Å². The van der Waals surface area contributed by atoms with Crippen molar-refractivity contribution in [2.45, 2.75) is 37.1 Å². The Morgan fingerprint density at radius 3 is 2.71 bits per heavy atom. The van der Waals surface area contributed by atoms with Crippen LogP contribution in [0.5, 0.6) is 0 Å². The summed E-state index contributed by atoms with van der Waals surface area (Å²) in [6.45, 7) is 8.88. The second-order valence-electron chi connectivity index (χ2n) is 9.40. The Labute approximate surface area is 204 Å². The van der Waals surface area contributed by atoms with Crippen molar-refractivity contribution < 1.29 is 14.3 Å². The molecule has 0 bridgehead atoms. The minimum absolute atomic E-state index is 0.103. The molecule has 1 aromatic carbocycles. The molecule has 0 saturated carbocycles. The molecule has 2 saturated heterocycles. The molecule has 34 heavy (non-hydrogen) atoms. The summed E-state index contributed by atoms with van der Waals surface area (Å²) in [5, 5.41) is 5.86. The lowest BCUT2D eigenvalue weighted by Gasteiger charge is -2.42. The van der Waals surface area contributed by atoms with Crippen molar-refractivity contribution in [2.24, 2.45) is 5.73 Å². The minimum atomic E-state index is -0.310. The number of cyclic esters (lactones) is 1. The van der Waals surface area contributed by atoms with Crippen molar-refractivity contribution in [3.05, 3.63) is 47.2 Å². The summed E-state index contributed by atoms with van der Waals surface area (Å²) in [5.41, 5.74) is 11.5. The van der Waals surface area contributed by atoms with E-state index in [1.54, 1.807) is 12.0 Å². The lowest BCUT2D eigenvalue weighted by Crippen LogP contribution is -2.56. The number of anilines is 1. The molecular weight excluding hydrogens is 450 g/mol. The number of hydrogen-bond donors (Lipinski definition) is 2. The van der Waals surface area contributed by atoms with Crippen molar-refractivity contribution in [1.82, 2.24) is 15.1 Å². The molecular formula is C25H35N5O3S. The Bertz CT molecular complexity index is 1050. The van der Waals surface area contributed by atoms with Crippen LogP contribution in [0.25, 0.3) is 0 Å². The molecule has 0 spiro atoms. The molecule has 2 fully saturated rings. The lowest BCUT2D eigenvalue weighted by atomic mass is 10.1. The Morgan fingerprint density at radius 2 is 2.03 bits per heavy atom. The van der Waals surface area contributed by atoms with Gasteiger partial charge in [0.25, 0.3) is 0 Å². The molecule has 4 heterocycles. The molecule has 0 aliphatic carbocycles. The average Bonchev–Trinajstić information content (AvgIpc) is 3.62. The summed E-state index contributed by atoms with van der Waals surface area (Å²) < 4.78 is 10.6. The van der Waals surface area contributed by atoms with Gasteiger partial charge < -0.3 is 20.5 Å². The Balaban J connectivity index is 1.30. The highest BCUT2D eigenvalue weighted by Crippen LogP contribution is 2.42. The molecule has 0 aromatic heterocycles. The van der Waals surface area contributed by atoms with E-state index in [4.69, 9.17) is 15.2 Å². The van der Waals surface area contributed by atoms with Crippen LogP contribution in [0, 0.1) is 0 Å². The van der Waals surface area contributed by atoms with E-state index in [0.29, 0.717) is 13.2 Å². The third-order valence-corrected chi connectivity index (χ3v) is 8.58. The quantitative estimate of drug-likeness (QED) is 0.574. The van der Waals surface area contributed by atoms with E-state index in [-0.39, 0.29) is 35.0 Å². The summed E-state index contributed by atoms with van der Waals surface area (Å²) in [4.78, 5) is 20.3. The predicted molar refractivity (Wildman–Crippen MR) is 137 cm³/mol. The van der Waals surface area contributed by atoms with Crippen LogP contribution in [0.2, 0.25) is 0 Å². The van der Waals surface area contributed by atoms with Crippen LogP contribution in [0.15, 0.2) is 46.5 Å². The van der Waals surface area contributed by atoms with Gasteiger partial charge in [0.1, 0.15) is 12.8 Å². The minimum Gasteiger partial charge on any atom is -0.447 e. The third kappa shape index (κ3) is 4.67. The summed E-state index contributed by atoms with van der Waals surface area (Å²) in [5.74, 6) is 1.08. The fourth-order valence-electron chi connectivity index (χ4n) is 5.14. The van der Waals surface area contributed by atoms with Gasteiger partial charge in [0.2, 0.25) is 0 Å². The van der Waals surface area contributed by atoms with Crippen molar-refractivity contribution in [3.63, 3.8) is 0 Å². The number of carbonyl (C=O) groups excluding carboxylic acids is 1. The van der Waals surface area contributed by atoms with Crippen LogP contribution in [0.1, 0.15) is 25.6 Å². The number of nitrogens with one attached hydrogen (secondary N) is 1. The summed E-state index contributed by atoms with van der Waals surface area (Å²) in [6, 6.07) is 6.15. The number of carbonyl (C=O) groups is 1. The standard InChI is InChI=1S/C25H35N5O3S/c1-17-12-18(2)24(27-14-17)29-8-6-28(7-9-29)23(26)21-5-4-19(13-22(21)34-10-11-34)30-20(15-32-3)16-33-25(30)31/h4-5,10,12-14,20,23-24,27H,6-9,11,15-16,26H2,1-3H3. The summed E-state index contributed by atoms with van der Waals surface area (Å²) in [7, 11) is 1.75. The Kier molecular flexibility index (Phi) is 6.81. The van der Waals surface area contributed by atoms with Crippen molar-refractivity contribution in [1.29, 1.82) is 0 Å². The summed E-state index contributed by atoms with van der Waals surface area (Å²) in [6.07, 6.45) is 4.15. The van der Waals surface area contributed by atoms with E-state index in [0.717, 1.165) is 43.2 Å². The molecule has 4 unspecified atom stereocenters. The number of rotatable bonds is 7. The van der Waals surface area contributed by atoms with Crippen LogP contribution >= 0.6 is 10.5 Å². The lowest BCUT2D eigenvalue weighted by molar-refractivity contribution is 0.0726. The van der Waals surface area contributed by atoms with Gasteiger partial charge in [-0.05, 0) is 48.1 Å². The van der Waals surface area contributed by atoms with Gasteiger partial charge in [-0.2, -0.15) is 10.5 Å². The maximum absolute atomic E-state index is 12.4. The van der Waals surface area contributed by atoms with Crippen molar-refractivity contribution in [3.8, 4) is 0 Å². The van der Waals surface area contributed by atoms with Gasteiger partial charge >= 0.3 is 6.09 Å². The molecule has 4 aliphatic heterocycles. The maximum atomic E-state index is 12.4. The van der Waals surface area contributed by atoms with E-state index in [9.17, 15) is 4.79 Å². The monoisotopic (exact) mass is 485 g/mol. The van der Waals surface area contributed by atoms with Gasteiger partial charge in [-0.1, -0.05) is 12.1 Å². The fourth-order valence-corrected chi connectivity index (χ4v) is 6.53. The van der Waals surface area contributed by atoms with E-state index >= 15 is 0 Å². The molecule has 4 atom stereocenters. The van der Waals surface area contributed by atoms with Gasteiger partial charge in [0.05, 0.1) is 18.8 Å². The van der Waals surface area contributed by atoms with Gasteiger partial charge in [-0.15, -0.1) is 0 Å². The molecule has 1 aromatic rings. The van der Waals surface area contributed by atoms with Gasteiger partial charge in [-0.3, -0.25) is 14.7 Å². The highest BCUT2D eigenvalue weighted by atomic mass is 32.2. The Hall–Kier alpha value is -2.17. The zero-order valence-corrected chi connectivity index (χ0v) is 21.0. The maximum Gasteiger partial charge on any atom is 0.414 e. The fraction of sp³-hybridized carbons (Fsp3) is 0.520. The number of dihydropyridines is 1. The first-order chi connectivity index (χ1) is 16.5. The zero-order valence-electron chi connectivity index (χ0n) is 20.2. The average molecular weight is 486 g/mol. The first-order valence-corrected chi connectivity index (χ1v) is 13.4. The van der Waals surface area contributed by atoms with Gasteiger partial charge in [0, 0.05) is 55.8 Å². The zero-order chi connectivity index (χ0) is 23.8. The first kappa shape index (κ1) is 23.6. The largest absolute Gasteiger partial charge is 0.447 e. The third-order valence-electron chi connectivity index (χ3n) is 6.99. The molecule has 3 N–H and O–H groups in total. The van der Waals surface area contributed by atoms with E-state index in [1.165, 1.54) is 16.0 Å². The van der Waals surface area contributed by atoms with Gasteiger partial charge in [-0.25, -0.2) is 4.79 Å². The number of amides is 1. The molecule has 8 nitrogen and oxygen atoms in total. The SMILES string of the molecule is COCC1COC(=O)N1c1ccc(C(N)N2CCN(C3NC=C(C)C=C3C)CC2)c(S2=CC2)c1. The molecule has 0 radical (unpaired) electrons. The molecule has 1 amide bonds. The number of allylic oxidation sites excluding steroid dienone is 2. The smallest absolute Gasteiger partial charge is 0.414 e. The number of hydrogen-bond acceptors (Lipinski definition) is 7. The topological polar surface area (TPSA) is 83.3 Å². The number of piperazine rings is 1. The van der Waals surface area contributed by atoms with Crippen molar-refractivity contribution in [2.75, 3.05) is 57.2 Å². The molecule has 4 aliphatic rings. The molecule has 184 valence electrons. The molecule has 9 heteroatoms. The van der Waals surface area contributed by atoms with E-state index < -0.39 is 0 Å². The Morgan fingerprint density at radius 1 is 1.26 bits per heavy atom. The highest BCUT2D eigenvalue weighted by Gasteiger charge is 2.35. The number of nitrogens with zero attached hydrogens (tertiary/aromatic N) is 3. The van der Waals surface area contributed by atoms with Gasteiger partial charge in [0.15, 0.2) is 0 Å². The second-order valence-corrected chi connectivity index (χ2v) is 11.4. The molecule has 5 rings (SSSR count). The van der Waals surface area contributed by atoms with Crippen LogP contribution in [-0.4, -0.2) is 85.7 Å². The van der Waals surface area contributed by atoms with Crippen molar-refractivity contribution >= 4 is 27.6 Å². The number of benzene rings is 1. The van der Waals surface area contributed by atoms with E-state index in [1.807, 2.05) is 6.07 Å². The van der Waals surface area contributed by atoms with Crippen LogP contribution < -0.4 is 16.0 Å². The van der Waals surface area contributed by atoms with Crippen LogP contribution in [0.4, 0.5) is 10.5 Å². The second kappa shape index (κ2) is 9.83. The highest BCUT2D eigenvalue weighted by molar-refractivity contribution is 8.23. The summed E-state index contributed by atoms with van der Waals surface area (Å²) >= 11 is 0.